The average molecular weight is 222 g/mol. The van der Waals surface area contributed by atoms with Gasteiger partial charge in [-0.05, 0) is 24.6 Å². The van der Waals surface area contributed by atoms with E-state index in [4.69, 9.17) is 17.3 Å². The van der Waals surface area contributed by atoms with E-state index in [0.29, 0.717) is 10.7 Å². The summed E-state index contributed by atoms with van der Waals surface area (Å²) in [7, 11) is 1.90. The first-order chi connectivity index (χ1) is 7.08. The molecule has 0 atom stereocenters. The molecule has 0 amide bonds. The maximum atomic E-state index is 5.97. The van der Waals surface area contributed by atoms with Crippen LogP contribution in [-0.2, 0) is 7.05 Å². The molecular weight excluding hydrogens is 210 g/mol. The monoisotopic (exact) mass is 221 g/mol. The van der Waals surface area contributed by atoms with Crippen molar-refractivity contribution in [3.8, 4) is 11.1 Å². The number of benzene rings is 1. The molecule has 0 aliphatic carbocycles. The molecule has 2 aromatic rings. The number of aromatic nitrogens is 2. The lowest BCUT2D eigenvalue weighted by molar-refractivity contribution is 0.756. The Kier molecular flexibility index (Phi) is 2.40. The molecule has 1 aromatic heterocycles. The highest BCUT2D eigenvalue weighted by molar-refractivity contribution is 6.33. The first kappa shape index (κ1) is 10.1. The van der Waals surface area contributed by atoms with Crippen molar-refractivity contribution in [3.05, 3.63) is 35.1 Å². The zero-order valence-corrected chi connectivity index (χ0v) is 9.42. The van der Waals surface area contributed by atoms with Crippen molar-refractivity contribution in [2.24, 2.45) is 7.05 Å². The van der Waals surface area contributed by atoms with Gasteiger partial charge in [0.15, 0.2) is 0 Å². The molecule has 0 saturated carbocycles. The number of nitrogen functional groups attached to an aromatic ring is 1. The number of anilines is 1. The third-order valence-electron chi connectivity index (χ3n) is 2.32. The summed E-state index contributed by atoms with van der Waals surface area (Å²) in [6, 6.07) is 5.62. The van der Waals surface area contributed by atoms with Crippen LogP contribution in [0.15, 0.2) is 24.4 Å². The minimum Gasteiger partial charge on any atom is -0.398 e. The molecule has 1 heterocycles. The van der Waals surface area contributed by atoms with E-state index in [9.17, 15) is 0 Å². The SMILES string of the molecule is Cc1nn(C)cc1-c1ccc(N)c(Cl)c1. The summed E-state index contributed by atoms with van der Waals surface area (Å²) in [6.45, 7) is 1.97. The molecule has 3 nitrogen and oxygen atoms in total. The smallest absolute Gasteiger partial charge is 0.0671 e. The quantitative estimate of drug-likeness (QED) is 0.753. The van der Waals surface area contributed by atoms with Gasteiger partial charge in [0.2, 0.25) is 0 Å². The van der Waals surface area contributed by atoms with Gasteiger partial charge in [-0.15, -0.1) is 0 Å². The molecular formula is C11H12ClN3. The lowest BCUT2D eigenvalue weighted by atomic mass is 10.1. The molecule has 2 rings (SSSR count). The first-order valence-electron chi connectivity index (χ1n) is 4.63. The van der Waals surface area contributed by atoms with Gasteiger partial charge in [-0.3, -0.25) is 4.68 Å². The van der Waals surface area contributed by atoms with E-state index in [1.165, 1.54) is 0 Å². The second kappa shape index (κ2) is 3.59. The Labute approximate surface area is 93.5 Å². The summed E-state index contributed by atoms with van der Waals surface area (Å²) in [5, 5.41) is 4.86. The second-order valence-electron chi connectivity index (χ2n) is 3.54. The number of nitrogens with two attached hydrogens (primary N) is 1. The minimum atomic E-state index is 0.579. The fraction of sp³-hybridized carbons (Fsp3) is 0.182. The molecule has 0 fully saturated rings. The number of hydrogen-bond donors (Lipinski definition) is 1. The first-order valence-corrected chi connectivity index (χ1v) is 5.01. The van der Waals surface area contributed by atoms with Crippen LogP contribution < -0.4 is 5.73 Å². The van der Waals surface area contributed by atoms with E-state index in [0.717, 1.165) is 16.8 Å². The molecule has 4 heteroatoms. The molecule has 0 bridgehead atoms. The van der Waals surface area contributed by atoms with Gasteiger partial charge in [-0.25, -0.2) is 0 Å². The van der Waals surface area contributed by atoms with E-state index in [2.05, 4.69) is 5.10 Å². The Bertz CT molecular complexity index is 503. The fourth-order valence-electron chi connectivity index (χ4n) is 1.58. The lowest BCUT2D eigenvalue weighted by Gasteiger charge is -2.02. The highest BCUT2D eigenvalue weighted by Crippen LogP contribution is 2.28. The minimum absolute atomic E-state index is 0.579. The highest BCUT2D eigenvalue weighted by Gasteiger charge is 2.07. The average Bonchev–Trinajstić information content (AvgIpc) is 2.50. The molecule has 0 radical (unpaired) electrons. The van der Waals surface area contributed by atoms with Crippen LogP contribution in [0.3, 0.4) is 0 Å². The van der Waals surface area contributed by atoms with Crippen LogP contribution in [0.5, 0.6) is 0 Å². The lowest BCUT2D eigenvalue weighted by Crippen LogP contribution is -1.86. The normalized spacial score (nSPS) is 10.6. The van der Waals surface area contributed by atoms with Crippen molar-refractivity contribution in [2.45, 2.75) is 6.92 Å². The molecule has 0 unspecified atom stereocenters. The van der Waals surface area contributed by atoms with E-state index >= 15 is 0 Å². The predicted octanol–water partition coefficient (Wildman–Crippen LogP) is 2.63. The Morgan fingerprint density at radius 1 is 1.40 bits per heavy atom. The van der Waals surface area contributed by atoms with Gasteiger partial charge in [-0.2, -0.15) is 5.10 Å². The van der Waals surface area contributed by atoms with Crippen molar-refractivity contribution in [2.75, 3.05) is 5.73 Å². The van der Waals surface area contributed by atoms with Crippen molar-refractivity contribution in [1.29, 1.82) is 0 Å². The topological polar surface area (TPSA) is 43.8 Å². The molecule has 0 aliphatic rings. The summed E-state index contributed by atoms with van der Waals surface area (Å²) >= 11 is 5.97. The van der Waals surface area contributed by atoms with Crippen LogP contribution in [0.2, 0.25) is 5.02 Å². The van der Waals surface area contributed by atoms with Crippen molar-refractivity contribution in [3.63, 3.8) is 0 Å². The molecule has 2 N–H and O–H groups in total. The van der Waals surface area contributed by atoms with Crippen molar-refractivity contribution >= 4 is 17.3 Å². The van der Waals surface area contributed by atoms with Gasteiger partial charge in [-0.1, -0.05) is 17.7 Å². The van der Waals surface area contributed by atoms with E-state index in [-0.39, 0.29) is 0 Å². The molecule has 0 spiro atoms. The van der Waals surface area contributed by atoms with Gasteiger partial charge in [0.05, 0.1) is 16.4 Å². The van der Waals surface area contributed by atoms with Crippen molar-refractivity contribution < 1.29 is 0 Å². The van der Waals surface area contributed by atoms with Gasteiger partial charge in [0, 0.05) is 18.8 Å². The summed E-state index contributed by atoms with van der Waals surface area (Å²) in [5.74, 6) is 0. The van der Waals surface area contributed by atoms with Crippen LogP contribution in [0, 0.1) is 6.92 Å². The zero-order valence-electron chi connectivity index (χ0n) is 8.66. The summed E-state index contributed by atoms with van der Waals surface area (Å²) in [5.41, 5.74) is 9.37. The van der Waals surface area contributed by atoms with Crippen LogP contribution in [0.25, 0.3) is 11.1 Å². The number of nitrogens with zero attached hydrogens (tertiary/aromatic N) is 2. The van der Waals surface area contributed by atoms with Gasteiger partial charge in [0.25, 0.3) is 0 Å². The van der Waals surface area contributed by atoms with E-state index < -0.39 is 0 Å². The van der Waals surface area contributed by atoms with Crippen LogP contribution in [0.4, 0.5) is 5.69 Å². The summed E-state index contributed by atoms with van der Waals surface area (Å²) in [4.78, 5) is 0. The summed E-state index contributed by atoms with van der Waals surface area (Å²) in [6.07, 6.45) is 1.97. The zero-order chi connectivity index (χ0) is 11.0. The van der Waals surface area contributed by atoms with Gasteiger partial charge >= 0.3 is 0 Å². The molecule has 78 valence electrons. The number of hydrogen-bond acceptors (Lipinski definition) is 2. The highest BCUT2D eigenvalue weighted by atomic mass is 35.5. The van der Waals surface area contributed by atoms with Crippen LogP contribution >= 0.6 is 11.6 Å². The third-order valence-corrected chi connectivity index (χ3v) is 2.65. The summed E-state index contributed by atoms with van der Waals surface area (Å²) < 4.78 is 1.79. The molecule has 1 aromatic carbocycles. The van der Waals surface area contributed by atoms with Crippen LogP contribution in [-0.4, -0.2) is 9.78 Å². The maximum Gasteiger partial charge on any atom is 0.0671 e. The Morgan fingerprint density at radius 3 is 2.67 bits per heavy atom. The third kappa shape index (κ3) is 1.83. The standard InChI is InChI=1S/C11H12ClN3/c1-7-9(6-15(2)14-7)8-3-4-11(13)10(12)5-8/h3-6H,13H2,1-2H3. The van der Waals surface area contributed by atoms with Crippen molar-refractivity contribution in [1.82, 2.24) is 9.78 Å². The van der Waals surface area contributed by atoms with E-state index in [1.54, 1.807) is 4.68 Å². The molecule has 0 saturated heterocycles. The largest absolute Gasteiger partial charge is 0.398 e. The Hall–Kier alpha value is -1.48. The van der Waals surface area contributed by atoms with Gasteiger partial charge in [0.1, 0.15) is 0 Å². The molecule has 15 heavy (non-hydrogen) atoms. The fourth-order valence-corrected chi connectivity index (χ4v) is 1.76. The predicted molar refractivity (Wildman–Crippen MR) is 62.8 cm³/mol. The molecule has 0 aliphatic heterocycles. The Morgan fingerprint density at radius 2 is 2.13 bits per heavy atom. The van der Waals surface area contributed by atoms with Gasteiger partial charge < -0.3 is 5.73 Å². The number of halogens is 1. The number of rotatable bonds is 1. The Balaban J connectivity index is 2.54. The van der Waals surface area contributed by atoms with E-state index in [1.807, 2.05) is 38.4 Å². The van der Waals surface area contributed by atoms with Crippen LogP contribution in [0.1, 0.15) is 5.69 Å². The second-order valence-corrected chi connectivity index (χ2v) is 3.95. The maximum absolute atomic E-state index is 5.97. The number of aryl methyl sites for hydroxylation is 2.